The number of benzene rings is 1. The molecule has 1 fully saturated rings. The van der Waals surface area contributed by atoms with Gasteiger partial charge in [-0.1, -0.05) is 17.7 Å². The van der Waals surface area contributed by atoms with Crippen LogP contribution in [0.3, 0.4) is 0 Å². The van der Waals surface area contributed by atoms with E-state index >= 15 is 0 Å². The molecule has 7 nitrogen and oxygen atoms in total. The third kappa shape index (κ3) is 5.88. The molecule has 1 aromatic rings. The smallest absolute Gasteiger partial charge is 0.389 e. The molecule has 1 aromatic carbocycles. The van der Waals surface area contributed by atoms with E-state index in [0.29, 0.717) is 12.8 Å². The van der Waals surface area contributed by atoms with Crippen LogP contribution < -0.4 is 0 Å². The largest absolute Gasteiger partial charge is 0.511 e. The fourth-order valence-corrected chi connectivity index (χ4v) is 4.24. The number of aryl methyl sites for hydroxylation is 1. The van der Waals surface area contributed by atoms with Crippen molar-refractivity contribution < 1.29 is 39.3 Å². The molecule has 0 radical (unpaired) electrons. The number of hydrogen-bond donors (Lipinski definition) is 1. The monoisotopic (exact) mass is 431 g/mol. The third-order valence-electron chi connectivity index (χ3n) is 3.93. The molecule has 1 aliphatic rings. The van der Waals surface area contributed by atoms with Gasteiger partial charge in [0.2, 0.25) is 0 Å². The maximum Gasteiger partial charge on any atom is 0.511 e. The molecule has 0 aliphatic heterocycles. The summed E-state index contributed by atoms with van der Waals surface area (Å²) in [6.07, 6.45) is -0.558. The normalized spacial score (nSPS) is 17.3. The first-order valence-electron chi connectivity index (χ1n) is 8.03. The Morgan fingerprint density at radius 2 is 1.74 bits per heavy atom. The van der Waals surface area contributed by atoms with Crippen LogP contribution in [0, 0.1) is 12.8 Å². The van der Waals surface area contributed by atoms with Gasteiger partial charge in [-0.2, -0.15) is 25.9 Å². The zero-order chi connectivity index (χ0) is 20.5. The Hall–Kier alpha value is -1.21. The zero-order valence-electron chi connectivity index (χ0n) is 14.4. The van der Waals surface area contributed by atoms with E-state index in [-0.39, 0.29) is 21.7 Å². The highest BCUT2D eigenvalue weighted by Gasteiger charge is 2.51. The Bertz CT molecular complexity index is 849. The number of aliphatic hydroxyl groups is 1. The molecule has 12 heteroatoms. The molecule has 0 amide bonds. The molecule has 2 rings (SSSR count). The lowest BCUT2D eigenvalue weighted by atomic mass is 10.2. The summed E-state index contributed by atoms with van der Waals surface area (Å²) < 4.78 is 90.5. The summed E-state index contributed by atoms with van der Waals surface area (Å²) in [5.74, 6) is -0.202. The second-order valence-electron chi connectivity index (χ2n) is 6.42. The number of rotatable bonds is 9. The minimum atomic E-state index is -5.63. The molecular weight excluding hydrogens is 411 g/mol. The lowest BCUT2D eigenvalue weighted by Crippen LogP contribution is -2.46. The predicted molar refractivity (Wildman–Crippen MR) is 89.6 cm³/mol. The van der Waals surface area contributed by atoms with Gasteiger partial charge in [0.1, 0.15) is 0 Å². The Morgan fingerprint density at radius 1 is 1.19 bits per heavy atom. The van der Waals surface area contributed by atoms with E-state index in [1.165, 1.54) is 24.3 Å². The van der Waals surface area contributed by atoms with Gasteiger partial charge in [-0.15, -0.1) is 0 Å². The minimum absolute atomic E-state index is 0.136. The van der Waals surface area contributed by atoms with Crippen molar-refractivity contribution >= 4 is 20.1 Å². The van der Waals surface area contributed by atoms with Gasteiger partial charge in [0.15, 0.2) is 0 Å². The van der Waals surface area contributed by atoms with Gasteiger partial charge in [0.25, 0.3) is 10.1 Å². The van der Waals surface area contributed by atoms with Crippen LogP contribution in [0.5, 0.6) is 0 Å². The molecule has 0 saturated heterocycles. The highest BCUT2D eigenvalue weighted by Crippen LogP contribution is 2.34. The van der Waals surface area contributed by atoms with Gasteiger partial charge in [0, 0.05) is 13.1 Å². The van der Waals surface area contributed by atoms with Crippen LogP contribution >= 0.6 is 0 Å². The van der Waals surface area contributed by atoms with Crippen LogP contribution in [0.15, 0.2) is 29.2 Å². The summed E-state index contributed by atoms with van der Waals surface area (Å²) in [5.41, 5.74) is -4.70. The SMILES string of the molecule is Cc1ccc(S(=O)(=O)OC[C@@H](O)CN(CC2CC2)S(=O)(=O)C(F)(F)F)cc1. The van der Waals surface area contributed by atoms with E-state index in [1.807, 2.05) is 0 Å². The molecule has 0 bridgehead atoms. The van der Waals surface area contributed by atoms with Crippen LogP contribution in [-0.4, -0.2) is 57.6 Å². The average Bonchev–Trinajstić information content (AvgIpc) is 3.36. The molecule has 1 saturated carbocycles. The molecule has 1 N–H and O–H groups in total. The topological polar surface area (TPSA) is 101 Å². The van der Waals surface area contributed by atoms with Crippen molar-refractivity contribution in [2.24, 2.45) is 5.92 Å². The average molecular weight is 431 g/mol. The van der Waals surface area contributed by atoms with Crippen molar-refractivity contribution in [3.8, 4) is 0 Å². The van der Waals surface area contributed by atoms with Crippen molar-refractivity contribution in [3.05, 3.63) is 29.8 Å². The first-order chi connectivity index (χ1) is 12.3. The molecule has 0 heterocycles. The fraction of sp³-hybridized carbons (Fsp3) is 0.600. The second kappa shape index (κ2) is 8.03. The molecule has 1 aliphatic carbocycles. The van der Waals surface area contributed by atoms with E-state index in [4.69, 9.17) is 0 Å². The highest BCUT2D eigenvalue weighted by atomic mass is 32.2. The van der Waals surface area contributed by atoms with Crippen LogP contribution in [0.25, 0.3) is 0 Å². The molecular formula is C15H20F3NO6S2. The lowest BCUT2D eigenvalue weighted by molar-refractivity contribution is -0.0502. The Labute approximate surface area is 155 Å². The third-order valence-corrected chi connectivity index (χ3v) is 6.79. The van der Waals surface area contributed by atoms with Crippen molar-refractivity contribution in [2.75, 3.05) is 19.7 Å². The van der Waals surface area contributed by atoms with Crippen molar-refractivity contribution in [1.29, 1.82) is 0 Å². The standard InChI is InChI=1S/C15H20F3NO6S2/c1-11-2-6-14(7-3-11)26(21,22)25-10-13(20)9-19(8-12-4-5-12)27(23,24)15(16,17)18/h2-3,6-7,12-13,20H,4-5,8-10H2,1H3/t13-/m0/s1. The van der Waals surface area contributed by atoms with Crippen LogP contribution in [-0.2, 0) is 24.3 Å². The highest BCUT2D eigenvalue weighted by molar-refractivity contribution is 7.90. The summed E-state index contributed by atoms with van der Waals surface area (Å²) in [5, 5.41) is 9.87. The van der Waals surface area contributed by atoms with Gasteiger partial charge in [-0.05, 0) is 37.8 Å². The lowest BCUT2D eigenvalue weighted by Gasteiger charge is -2.25. The molecule has 1 atom stereocenters. The summed E-state index contributed by atoms with van der Waals surface area (Å²) in [6, 6.07) is 5.62. The van der Waals surface area contributed by atoms with Crippen molar-refractivity contribution in [3.63, 3.8) is 0 Å². The van der Waals surface area contributed by atoms with Gasteiger partial charge >= 0.3 is 15.5 Å². The molecule has 154 valence electrons. The first kappa shape index (κ1) is 22.1. The van der Waals surface area contributed by atoms with Crippen molar-refractivity contribution in [1.82, 2.24) is 4.31 Å². The number of sulfonamides is 1. The molecule has 0 spiro atoms. The zero-order valence-corrected chi connectivity index (χ0v) is 16.0. The number of hydrogen-bond acceptors (Lipinski definition) is 6. The first-order valence-corrected chi connectivity index (χ1v) is 10.9. The van der Waals surface area contributed by atoms with Crippen LogP contribution in [0.1, 0.15) is 18.4 Å². The van der Waals surface area contributed by atoms with E-state index in [0.717, 1.165) is 5.56 Å². The maximum atomic E-state index is 12.8. The van der Waals surface area contributed by atoms with Gasteiger partial charge < -0.3 is 5.11 Å². The molecule has 0 unspecified atom stereocenters. The van der Waals surface area contributed by atoms with E-state index < -0.39 is 44.9 Å². The number of aliphatic hydroxyl groups excluding tert-OH is 1. The Balaban J connectivity index is 2.03. The summed E-state index contributed by atoms with van der Waals surface area (Å²) in [4.78, 5) is -0.182. The summed E-state index contributed by atoms with van der Waals surface area (Å²) >= 11 is 0. The van der Waals surface area contributed by atoms with Gasteiger partial charge in [0.05, 0.1) is 17.6 Å². The molecule has 27 heavy (non-hydrogen) atoms. The quantitative estimate of drug-likeness (QED) is 0.597. The Kier molecular flexibility index (Phi) is 6.57. The number of alkyl halides is 3. The molecule has 0 aromatic heterocycles. The van der Waals surface area contributed by atoms with Gasteiger partial charge in [-0.3, -0.25) is 4.18 Å². The van der Waals surface area contributed by atoms with E-state index in [1.54, 1.807) is 6.92 Å². The van der Waals surface area contributed by atoms with Crippen LogP contribution in [0.2, 0.25) is 0 Å². The van der Waals surface area contributed by atoms with Crippen molar-refractivity contribution in [2.45, 2.75) is 36.3 Å². The Morgan fingerprint density at radius 3 is 2.22 bits per heavy atom. The van der Waals surface area contributed by atoms with Crippen LogP contribution in [0.4, 0.5) is 13.2 Å². The fourth-order valence-electron chi connectivity index (χ4n) is 2.23. The number of halogens is 3. The maximum absolute atomic E-state index is 12.8. The van der Waals surface area contributed by atoms with E-state index in [9.17, 15) is 35.1 Å². The predicted octanol–water partition coefficient (Wildman–Crippen LogP) is 1.62. The number of nitrogens with zero attached hydrogens (tertiary/aromatic N) is 1. The minimum Gasteiger partial charge on any atom is -0.389 e. The van der Waals surface area contributed by atoms with Gasteiger partial charge in [-0.25, -0.2) is 8.42 Å². The summed E-state index contributed by atoms with van der Waals surface area (Å²) in [6.45, 7) is -0.424. The second-order valence-corrected chi connectivity index (χ2v) is 9.96. The summed E-state index contributed by atoms with van der Waals surface area (Å²) in [7, 11) is -9.86. The van der Waals surface area contributed by atoms with E-state index in [2.05, 4.69) is 4.18 Å².